The minimum atomic E-state index is 0.652. The lowest BCUT2D eigenvalue weighted by Crippen LogP contribution is -1.90. The van der Waals surface area contributed by atoms with Crippen molar-refractivity contribution in [2.24, 2.45) is 4.99 Å². The molecule has 3 nitrogen and oxygen atoms in total. The lowest BCUT2D eigenvalue weighted by Gasteiger charge is -1.84. The molecule has 0 fully saturated rings. The number of nitrogens with zero attached hydrogens (tertiary/aromatic N) is 1. The molecule has 0 rings (SSSR count). The summed E-state index contributed by atoms with van der Waals surface area (Å²) in [4.78, 5) is 3.90. The first-order valence-electron chi connectivity index (χ1n) is 2.71. The summed E-state index contributed by atoms with van der Waals surface area (Å²) in [6.07, 6.45) is 6.27. The lowest BCUT2D eigenvalue weighted by molar-refractivity contribution is 1.19. The largest absolute Gasteiger partial charge is 0.366 e. The normalized spacial score (nSPS) is 12.7. The highest BCUT2D eigenvalue weighted by Gasteiger charge is 1.77. The van der Waals surface area contributed by atoms with E-state index < -0.39 is 0 Å². The van der Waals surface area contributed by atoms with Crippen molar-refractivity contribution >= 4 is 55.1 Å². The van der Waals surface area contributed by atoms with Crippen LogP contribution in [0.3, 0.4) is 0 Å². The van der Waals surface area contributed by atoms with E-state index in [1.54, 1.807) is 18.6 Å². The van der Waals surface area contributed by atoms with Gasteiger partial charge in [0, 0.05) is 24.8 Å². The van der Waals surface area contributed by atoms with Gasteiger partial charge in [0.2, 0.25) is 0 Å². The van der Waals surface area contributed by atoms with Crippen LogP contribution >= 0.6 is 45.2 Å². The van der Waals surface area contributed by atoms with Crippen LogP contribution < -0.4 is 5.32 Å². The van der Waals surface area contributed by atoms with Crippen LogP contribution in [0.15, 0.2) is 27.7 Å². The van der Waals surface area contributed by atoms with Crippen molar-refractivity contribution in [2.75, 3.05) is 0 Å². The molecule has 60 valence electrons. The molecule has 0 bridgehead atoms. The SMILES string of the molecule is N=C/C(I)=N/C=C\N/C=C\I. The monoisotopic (exact) mass is 375 g/mol. The van der Waals surface area contributed by atoms with Crippen molar-refractivity contribution < 1.29 is 0 Å². The molecule has 0 spiro atoms. The molecule has 2 N–H and O–H groups in total. The van der Waals surface area contributed by atoms with Crippen LogP contribution in [0.25, 0.3) is 0 Å². The summed E-state index contributed by atoms with van der Waals surface area (Å²) >= 11 is 4.08. The molecule has 0 saturated carbocycles. The molecule has 0 amide bonds. The van der Waals surface area contributed by atoms with Gasteiger partial charge in [0.25, 0.3) is 0 Å². The fourth-order valence-electron chi connectivity index (χ4n) is 0.281. The molecule has 0 unspecified atom stereocenters. The zero-order valence-corrected chi connectivity index (χ0v) is 9.90. The second-order valence-electron chi connectivity index (χ2n) is 1.37. The van der Waals surface area contributed by atoms with Crippen molar-refractivity contribution in [3.05, 3.63) is 22.7 Å². The van der Waals surface area contributed by atoms with Gasteiger partial charge in [0.05, 0.1) is 0 Å². The van der Waals surface area contributed by atoms with Gasteiger partial charge in [0.15, 0.2) is 0 Å². The highest BCUT2D eigenvalue weighted by Crippen LogP contribution is 1.87. The van der Waals surface area contributed by atoms with Gasteiger partial charge in [-0.15, -0.1) is 0 Å². The van der Waals surface area contributed by atoms with Crippen LogP contribution in [0.5, 0.6) is 0 Å². The zero-order valence-electron chi connectivity index (χ0n) is 5.59. The van der Waals surface area contributed by atoms with E-state index in [0.29, 0.717) is 3.72 Å². The molecule has 0 atom stereocenters. The molecular weight excluding hydrogens is 368 g/mol. The lowest BCUT2D eigenvalue weighted by atomic mass is 10.8. The number of aliphatic imine (C=N–C) groups is 1. The van der Waals surface area contributed by atoms with Crippen molar-refractivity contribution in [2.45, 2.75) is 0 Å². The van der Waals surface area contributed by atoms with Gasteiger partial charge >= 0.3 is 0 Å². The highest BCUT2D eigenvalue weighted by atomic mass is 127. The Labute approximate surface area is 92.8 Å². The molecule has 0 aromatic heterocycles. The topological polar surface area (TPSA) is 48.2 Å². The van der Waals surface area contributed by atoms with E-state index in [0.717, 1.165) is 0 Å². The smallest absolute Gasteiger partial charge is 0.118 e. The summed E-state index contributed by atoms with van der Waals surface area (Å²) in [7, 11) is 0. The van der Waals surface area contributed by atoms with E-state index in [-0.39, 0.29) is 0 Å². The maximum absolute atomic E-state index is 6.79. The Morgan fingerprint density at radius 2 is 2.18 bits per heavy atom. The van der Waals surface area contributed by atoms with Gasteiger partial charge in [-0.2, -0.15) is 0 Å². The Morgan fingerprint density at radius 3 is 2.73 bits per heavy atom. The molecule has 0 aliphatic carbocycles. The minimum absolute atomic E-state index is 0.652. The third-order valence-corrected chi connectivity index (χ3v) is 1.60. The van der Waals surface area contributed by atoms with Gasteiger partial charge in [-0.1, -0.05) is 22.6 Å². The standard InChI is InChI=1S/C6H7I2N3/c7-1-2-10-3-4-11-6(8)5-9/h1-5,9-10H/b2-1-,4-3-,9-5?,11-6-. The van der Waals surface area contributed by atoms with Crippen LogP contribution in [0.4, 0.5) is 0 Å². The molecule has 0 heterocycles. The van der Waals surface area contributed by atoms with E-state index in [4.69, 9.17) is 5.41 Å². The zero-order chi connectivity index (χ0) is 8.53. The van der Waals surface area contributed by atoms with Crippen molar-refractivity contribution in [1.82, 2.24) is 5.32 Å². The fourth-order valence-corrected chi connectivity index (χ4v) is 0.649. The summed E-state index contributed by atoms with van der Waals surface area (Å²) in [5, 5.41) is 9.65. The van der Waals surface area contributed by atoms with Crippen molar-refractivity contribution in [1.29, 1.82) is 5.41 Å². The Balaban J connectivity index is 3.67. The number of hydrogen-bond donors (Lipinski definition) is 2. The van der Waals surface area contributed by atoms with Crippen molar-refractivity contribution in [3.63, 3.8) is 0 Å². The fraction of sp³-hybridized carbons (Fsp3) is 0. The van der Waals surface area contributed by atoms with E-state index in [1.807, 2.05) is 26.7 Å². The molecule has 0 saturated heterocycles. The van der Waals surface area contributed by atoms with Gasteiger partial charge in [-0.3, -0.25) is 0 Å². The highest BCUT2D eigenvalue weighted by molar-refractivity contribution is 14.1. The molecule has 5 heteroatoms. The number of halogens is 2. The quantitative estimate of drug-likeness (QED) is 0.576. The predicted molar refractivity (Wildman–Crippen MR) is 65.7 cm³/mol. The first kappa shape index (κ1) is 11.1. The number of hydrogen-bond acceptors (Lipinski definition) is 3. The Bertz CT molecular complexity index is 196. The van der Waals surface area contributed by atoms with Crippen LogP contribution in [-0.2, 0) is 0 Å². The van der Waals surface area contributed by atoms with Crippen LogP contribution in [0.2, 0.25) is 0 Å². The molecule has 0 aromatic rings. The first-order valence-corrected chi connectivity index (χ1v) is 5.03. The van der Waals surface area contributed by atoms with Crippen LogP contribution in [-0.4, -0.2) is 9.93 Å². The van der Waals surface area contributed by atoms with E-state index in [2.05, 4.69) is 32.9 Å². The van der Waals surface area contributed by atoms with E-state index in [1.165, 1.54) is 6.21 Å². The first-order chi connectivity index (χ1) is 5.31. The predicted octanol–water partition coefficient (Wildman–Crippen LogP) is 2.44. The summed E-state index contributed by atoms with van der Waals surface area (Å²) in [5.74, 6) is 0. The molecular formula is C6H7I2N3. The van der Waals surface area contributed by atoms with Crippen LogP contribution in [0.1, 0.15) is 0 Å². The van der Waals surface area contributed by atoms with Gasteiger partial charge in [-0.25, -0.2) is 4.99 Å². The van der Waals surface area contributed by atoms with Crippen molar-refractivity contribution in [3.8, 4) is 0 Å². The summed E-state index contributed by atoms with van der Waals surface area (Å²) in [5.41, 5.74) is 0. The maximum atomic E-state index is 6.79. The molecule has 11 heavy (non-hydrogen) atoms. The van der Waals surface area contributed by atoms with E-state index >= 15 is 0 Å². The summed E-state index contributed by atoms with van der Waals surface area (Å²) in [6.45, 7) is 0. The number of rotatable bonds is 4. The Morgan fingerprint density at radius 1 is 1.45 bits per heavy atom. The summed E-state index contributed by atoms with van der Waals surface area (Å²) < 4.78 is 2.51. The third kappa shape index (κ3) is 7.98. The molecule has 0 aliphatic rings. The third-order valence-electron chi connectivity index (χ3n) is 0.647. The summed E-state index contributed by atoms with van der Waals surface area (Å²) in [6, 6.07) is 0. The van der Waals surface area contributed by atoms with Gasteiger partial charge < -0.3 is 10.7 Å². The number of nitrogens with one attached hydrogen (secondary N) is 2. The van der Waals surface area contributed by atoms with Gasteiger partial charge in [-0.05, 0) is 26.7 Å². The molecule has 0 aromatic carbocycles. The molecule has 0 radical (unpaired) electrons. The average Bonchev–Trinajstić information content (AvgIpc) is 2.04. The minimum Gasteiger partial charge on any atom is -0.366 e. The second-order valence-corrected chi connectivity index (χ2v) is 3.20. The van der Waals surface area contributed by atoms with Gasteiger partial charge in [0.1, 0.15) is 3.72 Å². The average molecular weight is 375 g/mol. The maximum Gasteiger partial charge on any atom is 0.118 e. The Kier molecular flexibility index (Phi) is 8.24. The second kappa shape index (κ2) is 8.18. The molecule has 0 aliphatic heterocycles. The van der Waals surface area contributed by atoms with E-state index in [9.17, 15) is 0 Å². The van der Waals surface area contributed by atoms with Crippen LogP contribution in [0, 0.1) is 5.41 Å². The Hall–Kier alpha value is 0.0800.